The van der Waals surface area contributed by atoms with E-state index in [1.165, 1.54) is 0 Å². The Morgan fingerprint density at radius 1 is 1.69 bits per heavy atom. The maximum absolute atomic E-state index is 13.1. The second-order valence-electron chi connectivity index (χ2n) is 2.63. The van der Waals surface area contributed by atoms with Crippen LogP contribution in [0.5, 0.6) is 0 Å². The van der Waals surface area contributed by atoms with Crippen LogP contribution in [0.2, 0.25) is 0 Å². The number of carbonyl (C=O) groups is 1. The molecule has 0 saturated carbocycles. The lowest BCUT2D eigenvalue weighted by Gasteiger charge is -2.08. The maximum Gasteiger partial charge on any atom is 0.152 e. The Labute approximate surface area is 84.1 Å². The number of hydrogen-bond donors (Lipinski definition) is 1. The van der Waals surface area contributed by atoms with Crippen LogP contribution in [-0.4, -0.2) is 6.29 Å². The zero-order valence-electron chi connectivity index (χ0n) is 7.10. The molecule has 0 amide bonds. The Bertz CT molecular complexity index is 352. The van der Waals surface area contributed by atoms with Gasteiger partial charge in [0.25, 0.3) is 0 Å². The van der Waals surface area contributed by atoms with E-state index in [0.29, 0.717) is 28.4 Å². The molecule has 0 aliphatic carbocycles. The molecular weight excluding hydrogens is 237 g/mol. The molecule has 0 aromatic heterocycles. The van der Waals surface area contributed by atoms with Crippen LogP contribution in [0.15, 0.2) is 10.5 Å². The van der Waals surface area contributed by atoms with Crippen molar-refractivity contribution in [3.8, 4) is 0 Å². The number of halogens is 2. The van der Waals surface area contributed by atoms with Gasteiger partial charge in [0, 0.05) is 11.3 Å². The van der Waals surface area contributed by atoms with Crippen LogP contribution in [0.1, 0.15) is 22.8 Å². The largest absolute Gasteiger partial charge is 0.398 e. The van der Waals surface area contributed by atoms with Crippen LogP contribution in [0.25, 0.3) is 0 Å². The molecule has 0 atom stereocenters. The van der Waals surface area contributed by atoms with E-state index in [2.05, 4.69) is 15.9 Å². The van der Waals surface area contributed by atoms with Gasteiger partial charge < -0.3 is 5.73 Å². The summed E-state index contributed by atoms with van der Waals surface area (Å²) in [5.41, 5.74) is 6.85. The summed E-state index contributed by atoms with van der Waals surface area (Å²) in [6.45, 7) is 1.85. The number of nitrogens with two attached hydrogens (primary N) is 1. The molecule has 70 valence electrons. The van der Waals surface area contributed by atoms with Crippen molar-refractivity contribution in [2.24, 2.45) is 0 Å². The van der Waals surface area contributed by atoms with Crippen molar-refractivity contribution < 1.29 is 9.18 Å². The van der Waals surface area contributed by atoms with E-state index in [1.807, 2.05) is 6.92 Å². The number of aldehydes is 1. The first-order valence-electron chi connectivity index (χ1n) is 3.83. The number of benzene rings is 1. The van der Waals surface area contributed by atoms with Gasteiger partial charge in [-0.25, -0.2) is 4.39 Å². The third kappa shape index (κ3) is 1.72. The van der Waals surface area contributed by atoms with Gasteiger partial charge >= 0.3 is 0 Å². The summed E-state index contributed by atoms with van der Waals surface area (Å²) in [6.07, 6.45) is 1.15. The van der Waals surface area contributed by atoms with Gasteiger partial charge in [0.2, 0.25) is 0 Å². The van der Waals surface area contributed by atoms with Crippen molar-refractivity contribution >= 4 is 27.9 Å². The highest BCUT2D eigenvalue weighted by Crippen LogP contribution is 2.28. The average molecular weight is 246 g/mol. The van der Waals surface area contributed by atoms with E-state index in [4.69, 9.17) is 5.73 Å². The van der Waals surface area contributed by atoms with Crippen LogP contribution in [0, 0.1) is 5.82 Å². The second-order valence-corrected chi connectivity index (χ2v) is 3.42. The minimum atomic E-state index is -0.451. The van der Waals surface area contributed by atoms with Gasteiger partial charge in [-0.1, -0.05) is 6.92 Å². The van der Waals surface area contributed by atoms with Crippen molar-refractivity contribution in [2.45, 2.75) is 13.3 Å². The third-order valence-corrected chi connectivity index (χ3v) is 2.73. The van der Waals surface area contributed by atoms with Gasteiger partial charge in [0.05, 0.1) is 4.47 Å². The van der Waals surface area contributed by atoms with Gasteiger partial charge in [-0.15, -0.1) is 0 Å². The normalized spacial score (nSPS) is 10.1. The molecule has 0 heterocycles. The molecule has 4 heteroatoms. The molecule has 1 aromatic rings. The molecule has 1 rings (SSSR count). The predicted octanol–water partition coefficient (Wildman–Crippen LogP) is 2.55. The van der Waals surface area contributed by atoms with Crippen LogP contribution < -0.4 is 5.73 Å². The summed E-state index contributed by atoms with van der Waals surface area (Å²) in [4.78, 5) is 10.5. The smallest absolute Gasteiger partial charge is 0.152 e. The Hall–Kier alpha value is -0.900. The average Bonchev–Trinajstić information content (AvgIpc) is 2.12. The van der Waals surface area contributed by atoms with E-state index in [1.54, 1.807) is 0 Å². The molecule has 0 bridgehead atoms. The Kier molecular flexibility index (Phi) is 3.03. The van der Waals surface area contributed by atoms with E-state index in [-0.39, 0.29) is 5.56 Å². The molecule has 0 fully saturated rings. The molecule has 2 N–H and O–H groups in total. The van der Waals surface area contributed by atoms with E-state index in [9.17, 15) is 9.18 Å². The van der Waals surface area contributed by atoms with Gasteiger partial charge in [-0.2, -0.15) is 0 Å². The molecule has 1 aromatic carbocycles. The van der Waals surface area contributed by atoms with E-state index < -0.39 is 5.82 Å². The highest BCUT2D eigenvalue weighted by molar-refractivity contribution is 9.10. The quantitative estimate of drug-likeness (QED) is 0.643. The maximum atomic E-state index is 13.1. The number of carbonyl (C=O) groups excluding carboxylic acids is 1. The standard InChI is InChI=1S/C9H9BrFNO/c1-2-6-8(10)7(11)3-5(4-13)9(6)12/h3-4H,2,12H2,1H3. The van der Waals surface area contributed by atoms with Gasteiger partial charge in [-0.3, -0.25) is 4.79 Å². The molecule has 13 heavy (non-hydrogen) atoms. The van der Waals surface area contributed by atoms with Crippen LogP contribution in [0.4, 0.5) is 10.1 Å². The molecular formula is C9H9BrFNO. The summed E-state index contributed by atoms with van der Waals surface area (Å²) in [6, 6.07) is 1.13. The molecule has 0 spiro atoms. The fourth-order valence-corrected chi connectivity index (χ4v) is 1.77. The Morgan fingerprint density at radius 2 is 2.31 bits per heavy atom. The van der Waals surface area contributed by atoms with Gasteiger partial charge in [0.1, 0.15) is 5.82 Å². The summed E-state index contributed by atoms with van der Waals surface area (Å²) in [5.74, 6) is -0.451. The van der Waals surface area contributed by atoms with E-state index in [0.717, 1.165) is 6.07 Å². The third-order valence-electron chi connectivity index (χ3n) is 1.87. The van der Waals surface area contributed by atoms with Crippen LogP contribution in [0.3, 0.4) is 0 Å². The Balaban J connectivity index is 3.47. The fraction of sp³-hybridized carbons (Fsp3) is 0.222. The topological polar surface area (TPSA) is 43.1 Å². The summed E-state index contributed by atoms with van der Waals surface area (Å²) in [5, 5.41) is 0. The van der Waals surface area contributed by atoms with Crippen molar-refractivity contribution in [3.63, 3.8) is 0 Å². The molecule has 0 unspecified atom stereocenters. The lowest BCUT2D eigenvalue weighted by molar-refractivity contribution is 0.112. The second kappa shape index (κ2) is 3.87. The van der Waals surface area contributed by atoms with Crippen LogP contribution >= 0.6 is 15.9 Å². The van der Waals surface area contributed by atoms with Crippen molar-refractivity contribution in [3.05, 3.63) is 27.5 Å². The Morgan fingerprint density at radius 3 is 2.77 bits per heavy atom. The number of anilines is 1. The molecule has 0 saturated heterocycles. The predicted molar refractivity (Wildman–Crippen MR) is 53.3 cm³/mol. The van der Waals surface area contributed by atoms with Gasteiger partial charge in [-0.05, 0) is 34.0 Å². The first kappa shape index (κ1) is 10.2. The molecule has 0 aliphatic heterocycles. The molecule has 2 nitrogen and oxygen atoms in total. The lowest BCUT2D eigenvalue weighted by Crippen LogP contribution is -2.01. The first-order valence-corrected chi connectivity index (χ1v) is 4.62. The van der Waals surface area contributed by atoms with Crippen LogP contribution in [-0.2, 0) is 6.42 Å². The fourth-order valence-electron chi connectivity index (χ4n) is 1.16. The lowest BCUT2D eigenvalue weighted by atomic mass is 10.1. The molecule has 0 aliphatic rings. The number of nitrogen functional groups attached to an aromatic ring is 1. The number of hydrogen-bond acceptors (Lipinski definition) is 2. The SMILES string of the molecule is CCc1c(N)c(C=O)cc(F)c1Br. The summed E-state index contributed by atoms with van der Waals surface area (Å²) >= 11 is 3.08. The molecule has 0 radical (unpaired) electrons. The van der Waals surface area contributed by atoms with Crippen molar-refractivity contribution in [1.29, 1.82) is 0 Å². The monoisotopic (exact) mass is 245 g/mol. The van der Waals surface area contributed by atoms with Crippen molar-refractivity contribution in [1.82, 2.24) is 0 Å². The summed E-state index contributed by atoms with van der Waals surface area (Å²) < 4.78 is 13.5. The van der Waals surface area contributed by atoms with Gasteiger partial charge in [0.15, 0.2) is 6.29 Å². The zero-order valence-corrected chi connectivity index (χ0v) is 8.69. The minimum Gasteiger partial charge on any atom is -0.398 e. The highest BCUT2D eigenvalue weighted by Gasteiger charge is 2.12. The minimum absolute atomic E-state index is 0.206. The first-order chi connectivity index (χ1) is 6.11. The van der Waals surface area contributed by atoms with Crippen molar-refractivity contribution in [2.75, 3.05) is 5.73 Å². The zero-order chi connectivity index (χ0) is 10.0. The number of rotatable bonds is 2. The van der Waals surface area contributed by atoms with E-state index >= 15 is 0 Å². The highest BCUT2D eigenvalue weighted by atomic mass is 79.9. The summed E-state index contributed by atoms with van der Waals surface area (Å²) in [7, 11) is 0.